The number of nitrogens with zero attached hydrogens (tertiary/aromatic N) is 3. The van der Waals surface area contributed by atoms with Crippen molar-refractivity contribution in [3.8, 4) is 0 Å². The Labute approximate surface area is 119 Å². The fourth-order valence-electron chi connectivity index (χ4n) is 2.81. The van der Waals surface area contributed by atoms with Crippen molar-refractivity contribution >= 4 is 15.9 Å². The molecule has 3 nitrogen and oxygen atoms in total. The molecule has 2 rings (SSSR count). The average molecular weight is 314 g/mol. The smallest absolute Gasteiger partial charge is 0.0767 e. The molecule has 0 saturated carbocycles. The Morgan fingerprint density at radius 3 is 2.78 bits per heavy atom. The van der Waals surface area contributed by atoms with Crippen LogP contribution < -0.4 is 0 Å². The monoisotopic (exact) mass is 313 g/mol. The highest BCUT2D eigenvalue weighted by atomic mass is 79.9. The van der Waals surface area contributed by atoms with E-state index in [0.29, 0.717) is 0 Å². The molecule has 102 valence electrons. The minimum Gasteiger partial charge on any atom is -0.297 e. The van der Waals surface area contributed by atoms with Gasteiger partial charge in [-0.25, -0.2) is 0 Å². The summed E-state index contributed by atoms with van der Waals surface area (Å²) in [6.07, 6.45) is 3.71. The van der Waals surface area contributed by atoms with Gasteiger partial charge in [0.15, 0.2) is 0 Å². The topological polar surface area (TPSA) is 21.1 Å². The van der Waals surface area contributed by atoms with Crippen molar-refractivity contribution in [2.75, 3.05) is 13.1 Å². The summed E-state index contributed by atoms with van der Waals surface area (Å²) < 4.78 is 3.38. The van der Waals surface area contributed by atoms with E-state index in [0.717, 1.165) is 25.4 Å². The lowest BCUT2D eigenvalue weighted by molar-refractivity contribution is 0.172. The second-order valence-electron chi connectivity index (χ2n) is 5.36. The minimum absolute atomic E-state index is 0.834. The number of piperidine rings is 1. The fraction of sp³-hybridized carbons (Fsp3) is 0.786. The van der Waals surface area contributed by atoms with E-state index in [1.54, 1.807) is 0 Å². The summed E-state index contributed by atoms with van der Waals surface area (Å²) in [7, 11) is 0. The van der Waals surface area contributed by atoms with Crippen LogP contribution in [0.4, 0.5) is 0 Å². The van der Waals surface area contributed by atoms with Gasteiger partial charge in [0.25, 0.3) is 0 Å². The zero-order valence-corrected chi connectivity index (χ0v) is 13.3. The van der Waals surface area contributed by atoms with Crippen molar-refractivity contribution in [1.82, 2.24) is 14.7 Å². The molecule has 0 spiro atoms. The maximum atomic E-state index is 4.67. The molecule has 2 heterocycles. The normalized spacial score (nSPS) is 21.4. The molecule has 1 aromatic heterocycles. The van der Waals surface area contributed by atoms with Gasteiger partial charge in [0.05, 0.1) is 15.9 Å². The molecule has 1 aromatic rings. The first-order chi connectivity index (χ1) is 8.65. The van der Waals surface area contributed by atoms with E-state index in [2.05, 4.69) is 51.4 Å². The van der Waals surface area contributed by atoms with E-state index in [-0.39, 0.29) is 0 Å². The van der Waals surface area contributed by atoms with Crippen molar-refractivity contribution in [1.29, 1.82) is 0 Å². The van der Waals surface area contributed by atoms with E-state index in [9.17, 15) is 0 Å². The van der Waals surface area contributed by atoms with E-state index in [4.69, 9.17) is 0 Å². The van der Waals surface area contributed by atoms with Crippen LogP contribution in [0.3, 0.4) is 0 Å². The molecule has 1 fully saturated rings. The van der Waals surface area contributed by atoms with Gasteiger partial charge in [-0.15, -0.1) is 0 Å². The molecule has 1 aliphatic heterocycles. The SMILES string of the molecule is CCc1nn(CC)c(CN2CCCC(C)C2)c1Br. The third-order valence-corrected chi connectivity index (χ3v) is 4.72. The fourth-order valence-corrected chi connectivity index (χ4v) is 3.50. The highest BCUT2D eigenvalue weighted by Gasteiger charge is 2.20. The largest absolute Gasteiger partial charge is 0.297 e. The second kappa shape index (κ2) is 6.20. The van der Waals surface area contributed by atoms with Crippen molar-refractivity contribution < 1.29 is 0 Å². The quantitative estimate of drug-likeness (QED) is 0.848. The van der Waals surface area contributed by atoms with E-state index in [1.807, 2.05) is 0 Å². The number of rotatable bonds is 4. The van der Waals surface area contributed by atoms with Gasteiger partial charge >= 0.3 is 0 Å². The van der Waals surface area contributed by atoms with Crippen molar-refractivity contribution in [3.05, 3.63) is 15.9 Å². The summed E-state index contributed by atoms with van der Waals surface area (Å²) in [5.74, 6) is 0.834. The molecule has 1 unspecified atom stereocenters. The van der Waals surface area contributed by atoms with Gasteiger partial charge in [0, 0.05) is 19.6 Å². The molecule has 18 heavy (non-hydrogen) atoms. The first-order valence-corrected chi connectivity index (χ1v) is 7.91. The minimum atomic E-state index is 0.834. The van der Waals surface area contributed by atoms with Gasteiger partial charge < -0.3 is 0 Å². The van der Waals surface area contributed by atoms with Crippen LogP contribution in [0, 0.1) is 5.92 Å². The zero-order valence-electron chi connectivity index (χ0n) is 11.7. The van der Waals surface area contributed by atoms with Crippen LogP contribution in [-0.4, -0.2) is 27.8 Å². The number of aryl methyl sites for hydroxylation is 2. The number of hydrogen-bond donors (Lipinski definition) is 0. The molecule has 0 amide bonds. The highest BCUT2D eigenvalue weighted by molar-refractivity contribution is 9.10. The first kappa shape index (κ1) is 14.1. The number of aromatic nitrogens is 2. The summed E-state index contributed by atoms with van der Waals surface area (Å²) in [4.78, 5) is 2.57. The summed E-state index contributed by atoms with van der Waals surface area (Å²) in [5, 5.41) is 4.67. The molecule has 0 radical (unpaired) electrons. The van der Waals surface area contributed by atoms with Crippen molar-refractivity contribution in [2.45, 2.75) is 53.1 Å². The number of halogens is 1. The van der Waals surface area contributed by atoms with Gasteiger partial charge in [-0.2, -0.15) is 5.10 Å². The van der Waals surface area contributed by atoms with Crippen LogP contribution >= 0.6 is 15.9 Å². The van der Waals surface area contributed by atoms with Crippen LogP contribution in [0.1, 0.15) is 45.0 Å². The van der Waals surface area contributed by atoms with Gasteiger partial charge in [-0.3, -0.25) is 9.58 Å². The van der Waals surface area contributed by atoms with E-state index in [1.165, 1.54) is 41.8 Å². The van der Waals surface area contributed by atoms with Crippen LogP contribution in [0.2, 0.25) is 0 Å². The van der Waals surface area contributed by atoms with Gasteiger partial charge in [0.1, 0.15) is 0 Å². The Hall–Kier alpha value is -0.350. The Morgan fingerprint density at radius 1 is 1.39 bits per heavy atom. The lowest BCUT2D eigenvalue weighted by atomic mass is 10.0. The third kappa shape index (κ3) is 2.97. The molecule has 4 heteroatoms. The summed E-state index contributed by atoms with van der Waals surface area (Å²) >= 11 is 3.74. The van der Waals surface area contributed by atoms with E-state index < -0.39 is 0 Å². The zero-order chi connectivity index (χ0) is 13.1. The van der Waals surface area contributed by atoms with Gasteiger partial charge in [-0.05, 0) is 54.6 Å². The third-order valence-electron chi connectivity index (χ3n) is 3.81. The highest BCUT2D eigenvalue weighted by Crippen LogP contribution is 2.25. The van der Waals surface area contributed by atoms with Gasteiger partial charge in [-0.1, -0.05) is 13.8 Å². The molecule has 0 aromatic carbocycles. The molecular weight excluding hydrogens is 290 g/mol. The standard InChI is InChI=1S/C14H24BrN3/c1-4-12-14(15)13(18(5-2)16-12)10-17-8-6-7-11(3)9-17/h11H,4-10H2,1-3H3. The molecule has 1 aliphatic rings. The summed E-state index contributed by atoms with van der Waals surface area (Å²) in [6, 6.07) is 0. The van der Waals surface area contributed by atoms with E-state index >= 15 is 0 Å². The van der Waals surface area contributed by atoms with Crippen LogP contribution in [0.25, 0.3) is 0 Å². The van der Waals surface area contributed by atoms with Crippen LogP contribution in [0.5, 0.6) is 0 Å². The maximum Gasteiger partial charge on any atom is 0.0767 e. The van der Waals surface area contributed by atoms with Crippen LogP contribution in [0.15, 0.2) is 4.47 Å². The Kier molecular flexibility index (Phi) is 4.84. The molecule has 0 aliphatic carbocycles. The number of hydrogen-bond acceptors (Lipinski definition) is 2. The summed E-state index contributed by atoms with van der Waals surface area (Å²) in [5.41, 5.74) is 2.54. The Morgan fingerprint density at radius 2 is 2.17 bits per heavy atom. The molecular formula is C14H24BrN3. The molecule has 0 bridgehead atoms. The van der Waals surface area contributed by atoms with Gasteiger partial charge in [0.2, 0.25) is 0 Å². The van der Waals surface area contributed by atoms with Crippen molar-refractivity contribution in [2.24, 2.45) is 5.92 Å². The maximum absolute atomic E-state index is 4.67. The van der Waals surface area contributed by atoms with Crippen molar-refractivity contribution in [3.63, 3.8) is 0 Å². The second-order valence-corrected chi connectivity index (χ2v) is 6.15. The average Bonchev–Trinajstić information content (AvgIpc) is 2.66. The molecule has 0 N–H and O–H groups in total. The lowest BCUT2D eigenvalue weighted by Crippen LogP contribution is -2.34. The predicted octanol–water partition coefficient (Wildman–Crippen LogP) is 3.46. The first-order valence-electron chi connectivity index (χ1n) is 7.12. The van der Waals surface area contributed by atoms with Crippen LogP contribution in [-0.2, 0) is 19.5 Å². The predicted molar refractivity (Wildman–Crippen MR) is 78.7 cm³/mol. The molecule has 1 atom stereocenters. The molecule has 1 saturated heterocycles. The number of likely N-dealkylation sites (tertiary alicyclic amines) is 1. The lowest BCUT2D eigenvalue weighted by Gasteiger charge is -2.30. The Bertz CT molecular complexity index is 400. The Balaban J connectivity index is 2.14. The summed E-state index contributed by atoms with van der Waals surface area (Å²) in [6.45, 7) is 11.1.